The van der Waals surface area contributed by atoms with Gasteiger partial charge in [0.1, 0.15) is 17.3 Å². The van der Waals surface area contributed by atoms with E-state index in [0.29, 0.717) is 24.7 Å². The van der Waals surface area contributed by atoms with Crippen LogP contribution in [0.5, 0.6) is 5.75 Å². The third-order valence-electron chi connectivity index (χ3n) is 5.34. The number of aromatic nitrogens is 4. The topological polar surface area (TPSA) is 76.0 Å². The largest absolute Gasteiger partial charge is 0.497 e. The summed E-state index contributed by atoms with van der Waals surface area (Å²) in [5, 5.41) is 9.71. The van der Waals surface area contributed by atoms with Crippen LogP contribution >= 0.6 is 0 Å². The summed E-state index contributed by atoms with van der Waals surface area (Å²) in [5.74, 6) is 3.32. The van der Waals surface area contributed by atoms with Gasteiger partial charge in [0, 0.05) is 23.4 Å². The molecule has 1 aliphatic heterocycles. The van der Waals surface area contributed by atoms with Crippen LogP contribution in [0.1, 0.15) is 53.9 Å². The first kappa shape index (κ1) is 15.4. The van der Waals surface area contributed by atoms with Crippen LogP contribution in [0.3, 0.4) is 0 Å². The fourth-order valence-corrected chi connectivity index (χ4v) is 3.86. The first-order valence-corrected chi connectivity index (χ1v) is 9.03. The number of aromatic amines is 1. The highest BCUT2D eigenvalue weighted by molar-refractivity contribution is 5.98. The average molecular weight is 351 g/mol. The molecule has 0 spiro atoms. The number of hydrogen-bond acceptors (Lipinski definition) is 4. The van der Waals surface area contributed by atoms with Gasteiger partial charge in [-0.1, -0.05) is 0 Å². The van der Waals surface area contributed by atoms with Crippen LogP contribution < -0.4 is 4.74 Å². The molecule has 7 nitrogen and oxygen atoms in total. The van der Waals surface area contributed by atoms with Crippen molar-refractivity contribution in [3.63, 3.8) is 0 Å². The van der Waals surface area contributed by atoms with Gasteiger partial charge < -0.3 is 19.2 Å². The van der Waals surface area contributed by atoms with E-state index < -0.39 is 0 Å². The summed E-state index contributed by atoms with van der Waals surface area (Å²) in [6.07, 6.45) is 2.40. The summed E-state index contributed by atoms with van der Waals surface area (Å²) in [5.41, 5.74) is 1.52. The van der Waals surface area contributed by atoms with Gasteiger partial charge in [0.15, 0.2) is 5.82 Å². The molecule has 134 valence electrons. The Balaban J connectivity index is 1.43. The van der Waals surface area contributed by atoms with Crippen molar-refractivity contribution in [2.24, 2.45) is 0 Å². The number of ether oxygens (including phenoxy) is 1. The second-order valence-corrected chi connectivity index (χ2v) is 7.29. The lowest BCUT2D eigenvalue weighted by molar-refractivity contribution is 0.0674. The molecule has 1 aromatic carbocycles. The monoisotopic (exact) mass is 351 g/mol. The maximum Gasteiger partial charge on any atom is 0.270 e. The van der Waals surface area contributed by atoms with Crippen LogP contribution in [0.4, 0.5) is 0 Å². The van der Waals surface area contributed by atoms with Crippen molar-refractivity contribution in [2.75, 3.05) is 13.7 Å². The van der Waals surface area contributed by atoms with Crippen LogP contribution in [0, 0.1) is 0 Å². The SMILES string of the molecule is COc1ccc2[nH]c(C(=O)N3Cc4nnc(C5CC5)n4[C@@H](C)C3)cc2c1. The van der Waals surface area contributed by atoms with E-state index >= 15 is 0 Å². The molecule has 5 rings (SSSR count). The molecule has 7 heteroatoms. The number of nitrogens with one attached hydrogen (secondary N) is 1. The van der Waals surface area contributed by atoms with Gasteiger partial charge in [-0.2, -0.15) is 0 Å². The lowest BCUT2D eigenvalue weighted by atomic mass is 10.2. The van der Waals surface area contributed by atoms with E-state index in [1.54, 1.807) is 7.11 Å². The molecule has 1 fully saturated rings. The maximum atomic E-state index is 13.0. The fraction of sp³-hybridized carbons (Fsp3) is 0.421. The Morgan fingerprint density at radius 3 is 2.88 bits per heavy atom. The fourth-order valence-electron chi connectivity index (χ4n) is 3.86. The highest BCUT2D eigenvalue weighted by Gasteiger charge is 2.35. The Hall–Kier alpha value is -2.83. The highest BCUT2D eigenvalue weighted by Crippen LogP contribution is 2.41. The molecule has 0 bridgehead atoms. The zero-order valence-corrected chi connectivity index (χ0v) is 14.9. The molecule has 0 saturated heterocycles. The van der Waals surface area contributed by atoms with Crippen molar-refractivity contribution in [1.29, 1.82) is 0 Å². The van der Waals surface area contributed by atoms with Crippen molar-refractivity contribution in [3.8, 4) is 5.75 Å². The number of rotatable bonds is 3. The van der Waals surface area contributed by atoms with E-state index in [1.807, 2.05) is 29.2 Å². The number of amides is 1. The molecule has 1 saturated carbocycles. The molecule has 1 atom stereocenters. The van der Waals surface area contributed by atoms with Gasteiger partial charge in [-0.05, 0) is 44.0 Å². The lowest BCUT2D eigenvalue weighted by Crippen LogP contribution is -2.40. The lowest BCUT2D eigenvalue weighted by Gasteiger charge is -2.32. The van der Waals surface area contributed by atoms with Crippen molar-refractivity contribution < 1.29 is 9.53 Å². The molecule has 1 N–H and O–H groups in total. The molecule has 2 aromatic heterocycles. The van der Waals surface area contributed by atoms with Gasteiger partial charge in [0.25, 0.3) is 5.91 Å². The minimum atomic E-state index is -0.00533. The normalized spacial score (nSPS) is 19.6. The number of nitrogens with zero attached hydrogens (tertiary/aromatic N) is 4. The van der Waals surface area contributed by atoms with E-state index in [1.165, 1.54) is 12.8 Å². The molecule has 3 heterocycles. The van der Waals surface area contributed by atoms with E-state index in [-0.39, 0.29) is 11.9 Å². The van der Waals surface area contributed by atoms with Gasteiger partial charge in [-0.25, -0.2) is 0 Å². The van der Waals surface area contributed by atoms with Gasteiger partial charge in [-0.15, -0.1) is 10.2 Å². The number of benzene rings is 1. The number of fused-ring (bicyclic) bond motifs is 2. The summed E-state index contributed by atoms with van der Waals surface area (Å²) in [6, 6.07) is 7.83. The zero-order valence-electron chi connectivity index (χ0n) is 14.9. The number of hydrogen-bond donors (Lipinski definition) is 1. The standard InChI is InChI=1S/C19H21N5O2/c1-11-9-23(10-17-21-22-18(24(11)17)12-3-4-12)19(25)16-8-13-7-14(26-2)5-6-15(13)20-16/h5-8,11-12,20H,3-4,9-10H2,1-2H3/t11-/m0/s1. The third kappa shape index (κ3) is 2.38. The van der Waals surface area contributed by atoms with E-state index in [4.69, 9.17) is 4.74 Å². The summed E-state index contributed by atoms with van der Waals surface area (Å²) < 4.78 is 7.49. The predicted molar refractivity (Wildman–Crippen MR) is 96.3 cm³/mol. The minimum Gasteiger partial charge on any atom is -0.497 e. The third-order valence-corrected chi connectivity index (χ3v) is 5.34. The molecule has 1 amide bonds. The average Bonchev–Trinajstić information content (AvgIpc) is 3.26. The summed E-state index contributed by atoms with van der Waals surface area (Å²) in [7, 11) is 1.64. The molecular weight excluding hydrogens is 330 g/mol. The second kappa shape index (κ2) is 5.59. The van der Waals surface area contributed by atoms with Crippen molar-refractivity contribution in [1.82, 2.24) is 24.6 Å². The van der Waals surface area contributed by atoms with Gasteiger partial charge in [-0.3, -0.25) is 4.79 Å². The van der Waals surface area contributed by atoms with Crippen LogP contribution in [0.2, 0.25) is 0 Å². The Morgan fingerprint density at radius 1 is 1.27 bits per heavy atom. The first-order valence-electron chi connectivity index (χ1n) is 9.03. The van der Waals surface area contributed by atoms with Crippen LogP contribution in [-0.4, -0.2) is 44.2 Å². The van der Waals surface area contributed by atoms with Crippen molar-refractivity contribution in [2.45, 2.75) is 38.3 Å². The van der Waals surface area contributed by atoms with Crippen LogP contribution in [-0.2, 0) is 6.54 Å². The van der Waals surface area contributed by atoms with E-state index in [9.17, 15) is 4.79 Å². The Bertz CT molecular complexity index is 1000. The second-order valence-electron chi connectivity index (χ2n) is 7.29. The quantitative estimate of drug-likeness (QED) is 0.787. The summed E-state index contributed by atoms with van der Waals surface area (Å²) in [4.78, 5) is 18.1. The number of carbonyl (C=O) groups is 1. The molecule has 26 heavy (non-hydrogen) atoms. The van der Waals surface area contributed by atoms with E-state index in [0.717, 1.165) is 28.3 Å². The highest BCUT2D eigenvalue weighted by atomic mass is 16.5. The molecular formula is C19H21N5O2. The molecule has 2 aliphatic rings. The molecule has 1 aliphatic carbocycles. The Morgan fingerprint density at radius 2 is 2.12 bits per heavy atom. The maximum absolute atomic E-state index is 13.0. The van der Waals surface area contributed by atoms with Gasteiger partial charge in [0.05, 0.1) is 19.7 Å². The van der Waals surface area contributed by atoms with Crippen LogP contribution in [0.25, 0.3) is 10.9 Å². The Labute approximate surface area is 151 Å². The minimum absolute atomic E-state index is 0.00533. The van der Waals surface area contributed by atoms with Gasteiger partial charge in [0.2, 0.25) is 0 Å². The number of H-pyrrole nitrogens is 1. The molecule has 0 unspecified atom stereocenters. The molecule has 0 radical (unpaired) electrons. The van der Waals surface area contributed by atoms with Crippen molar-refractivity contribution in [3.05, 3.63) is 41.6 Å². The predicted octanol–water partition coefficient (Wildman–Crippen LogP) is 2.86. The first-order chi connectivity index (χ1) is 12.6. The Kier molecular flexibility index (Phi) is 3.32. The smallest absolute Gasteiger partial charge is 0.270 e. The van der Waals surface area contributed by atoms with E-state index in [2.05, 4.69) is 26.7 Å². The number of methoxy groups -OCH3 is 1. The van der Waals surface area contributed by atoms with Crippen LogP contribution in [0.15, 0.2) is 24.3 Å². The molecule has 3 aromatic rings. The van der Waals surface area contributed by atoms with Crippen molar-refractivity contribution >= 4 is 16.8 Å². The summed E-state index contributed by atoms with van der Waals surface area (Å²) in [6.45, 7) is 3.30. The summed E-state index contributed by atoms with van der Waals surface area (Å²) >= 11 is 0. The van der Waals surface area contributed by atoms with Gasteiger partial charge >= 0.3 is 0 Å². The number of carbonyl (C=O) groups excluding carboxylic acids is 1. The zero-order chi connectivity index (χ0) is 17.8.